The Labute approximate surface area is 102 Å². The number of benzene rings is 1. The molecule has 0 heterocycles. The minimum atomic E-state index is 0.0616. The van der Waals surface area contributed by atoms with Gasteiger partial charge in [0.25, 0.3) is 0 Å². The van der Waals surface area contributed by atoms with E-state index in [2.05, 4.69) is 18.3 Å². The molecule has 0 bridgehead atoms. The zero-order valence-corrected chi connectivity index (χ0v) is 10.3. The number of nitrogens with two attached hydrogens (primary N) is 1. The maximum atomic E-state index is 11.7. The second-order valence-electron chi connectivity index (χ2n) is 4.73. The molecule has 1 aromatic rings. The molecular weight excluding hydrogens is 212 g/mol. The van der Waals surface area contributed by atoms with Gasteiger partial charge in [0.05, 0.1) is 11.4 Å². The Hall–Kier alpha value is -1.51. The van der Waals surface area contributed by atoms with E-state index in [1.54, 1.807) is 0 Å². The van der Waals surface area contributed by atoms with Gasteiger partial charge in [-0.25, -0.2) is 0 Å². The molecule has 2 rings (SSSR count). The SMILES string of the molecule is CCCCC(=O)Nc1cccc(C2CC2)c1N. The Bertz CT molecular complexity index is 411. The van der Waals surface area contributed by atoms with Gasteiger partial charge >= 0.3 is 0 Å². The summed E-state index contributed by atoms with van der Waals surface area (Å²) in [6.45, 7) is 2.08. The van der Waals surface area contributed by atoms with E-state index in [0.717, 1.165) is 24.2 Å². The van der Waals surface area contributed by atoms with Gasteiger partial charge in [-0.2, -0.15) is 0 Å². The Morgan fingerprint density at radius 1 is 1.47 bits per heavy atom. The first-order valence-corrected chi connectivity index (χ1v) is 6.40. The molecule has 1 fully saturated rings. The molecule has 0 saturated heterocycles. The molecule has 0 aromatic heterocycles. The van der Waals surface area contributed by atoms with Crippen LogP contribution in [-0.4, -0.2) is 5.91 Å². The molecule has 0 atom stereocenters. The van der Waals surface area contributed by atoms with E-state index in [1.807, 2.05) is 12.1 Å². The first-order valence-electron chi connectivity index (χ1n) is 6.40. The zero-order valence-electron chi connectivity index (χ0n) is 10.3. The van der Waals surface area contributed by atoms with Crippen LogP contribution in [0.25, 0.3) is 0 Å². The summed E-state index contributed by atoms with van der Waals surface area (Å²) < 4.78 is 0. The number of carbonyl (C=O) groups is 1. The minimum Gasteiger partial charge on any atom is -0.397 e. The van der Waals surface area contributed by atoms with E-state index >= 15 is 0 Å². The number of para-hydroxylation sites is 1. The predicted molar refractivity (Wildman–Crippen MR) is 71.0 cm³/mol. The first-order chi connectivity index (χ1) is 8.22. The number of amides is 1. The summed E-state index contributed by atoms with van der Waals surface area (Å²) in [6.07, 6.45) is 4.97. The van der Waals surface area contributed by atoms with E-state index in [0.29, 0.717) is 12.3 Å². The molecule has 0 unspecified atom stereocenters. The van der Waals surface area contributed by atoms with Crippen molar-refractivity contribution in [2.75, 3.05) is 11.1 Å². The van der Waals surface area contributed by atoms with Crippen molar-refractivity contribution < 1.29 is 4.79 Å². The normalized spacial score (nSPS) is 14.6. The molecule has 17 heavy (non-hydrogen) atoms. The lowest BCUT2D eigenvalue weighted by Gasteiger charge is -2.11. The van der Waals surface area contributed by atoms with Crippen molar-refractivity contribution >= 4 is 17.3 Å². The van der Waals surface area contributed by atoms with Crippen LogP contribution in [-0.2, 0) is 4.79 Å². The molecule has 3 heteroatoms. The largest absolute Gasteiger partial charge is 0.397 e. The number of anilines is 2. The molecule has 1 saturated carbocycles. The Balaban J connectivity index is 2.05. The highest BCUT2D eigenvalue weighted by Crippen LogP contribution is 2.44. The van der Waals surface area contributed by atoms with Gasteiger partial charge in [-0.15, -0.1) is 0 Å². The number of carbonyl (C=O) groups excluding carboxylic acids is 1. The average Bonchev–Trinajstić information content (AvgIpc) is 3.13. The van der Waals surface area contributed by atoms with Gasteiger partial charge in [-0.05, 0) is 36.8 Å². The Morgan fingerprint density at radius 3 is 2.88 bits per heavy atom. The number of nitrogen functional groups attached to an aromatic ring is 1. The topological polar surface area (TPSA) is 55.1 Å². The third-order valence-corrected chi connectivity index (χ3v) is 3.19. The number of hydrogen-bond donors (Lipinski definition) is 2. The van der Waals surface area contributed by atoms with Crippen LogP contribution < -0.4 is 11.1 Å². The second-order valence-corrected chi connectivity index (χ2v) is 4.73. The molecular formula is C14H20N2O. The summed E-state index contributed by atoms with van der Waals surface area (Å²) in [4.78, 5) is 11.7. The zero-order chi connectivity index (χ0) is 12.3. The maximum Gasteiger partial charge on any atom is 0.224 e. The lowest BCUT2D eigenvalue weighted by Crippen LogP contribution is -2.13. The van der Waals surface area contributed by atoms with Crippen LogP contribution in [0, 0.1) is 0 Å². The molecule has 3 N–H and O–H groups in total. The third-order valence-electron chi connectivity index (χ3n) is 3.19. The summed E-state index contributed by atoms with van der Waals surface area (Å²) >= 11 is 0. The van der Waals surface area contributed by atoms with Crippen molar-refractivity contribution in [2.45, 2.75) is 44.9 Å². The second kappa shape index (κ2) is 5.21. The van der Waals surface area contributed by atoms with Crippen LogP contribution in [0.1, 0.15) is 50.5 Å². The van der Waals surface area contributed by atoms with Crippen molar-refractivity contribution in [3.8, 4) is 0 Å². The van der Waals surface area contributed by atoms with Gasteiger partial charge in [0.2, 0.25) is 5.91 Å². The van der Waals surface area contributed by atoms with E-state index in [1.165, 1.54) is 18.4 Å². The van der Waals surface area contributed by atoms with E-state index in [-0.39, 0.29) is 5.91 Å². The van der Waals surface area contributed by atoms with Crippen LogP contribution in [0.5, 0.6) is 0 Å². The molecule has 0 spiro atoms. The summed E-state index contributed by atoms with van der Waals surface area (Å²) in [6, 6.07) is 5.92. The lowest BCUT2D eigenvalue weighted by molar-refractivity contribution is -0.116. The fraction of sp³-hybridized carbons (Fsp3) is 0.500. The molecule has 0 radical (unpaired) electrons. The molecule has 1 amide bonds. The third kappa shape index (κ3) is 2.99. The number of nitrogens with one attached hydrogen (secondary N) is 1. The fourth-order valence-corrected chi connectivity index (χ4v) is 1.99. The van der Waals surface area contributed by atoms with Crippen molar-refractivity contribution in [3.63, 3.8) is 0 Å². The number of rotatable bonds is 5. The van der Waals surface area contributed by atoms with E-state index in [4.69, 9.17) is 5.73 Å². The quantitative estimate of drug-likeness (QED) is 0.765. The summed E-state index contributed by atoms with van der Waals surface area (Å²) in [5, 5.41) is 2.90. The van der Waals surface area contributed by atoms with Crippen LogP contribution in [0.3, 0.4) is 0 Å². The molecule has 3 nitrogen and oxygen atoms in total. The van der Waals surface area contributed by atoms with Gasteiger partial charge in [-0.1, -0.05) is 25.5 Å². The molecule has 1 aliphatic carbocycles. The maximum absolute atomic E-state index is 11.7. The summed E-state index contributed by atoms with van der Waals surface area (Å²) in [5.41, 5.74) is 8.80. The number of hydrogen-bond acceptors (Lipinski definition) is 2. The lowest BCUT2D eigenvalue weighted by atomic mass is 10.1. The highest BCUT2D eigenvalue weighted by atomic mass is 16.1. The first kappa shape index (κ1) is 12.0. The Morgan fingerprint density at radius 2 is 2.24 bits per heavy atom. The Kier molecular flexibility index (Phi) is 3.67. The minimum absolute atomic E-state index is 0.0616. The van der Waals surface area contributed by atoms with Crippen molar-refractivity contribution in [1.82, 2.24) is 0 Å². The van der Waals surface area contributed by atoms with Crippen molar-refractivity contribution in [1.29, 1.82) is 0 Å². The van der Waals surface area contributed by atoms with Gasteiger partial charge in [-0.3, -0.25) is 4.79 Å². The highest BCUT2D eigenvalue weighted by Gasteiger charge is 2.26. The van der Waals surface area contributed by atoms with Gasteiger partial charge in [0, 0.05) is 6.42 Å². The molecule has 1 aromatic carbocycles. The van der Waals surface area contributed by atoms with Crippen molar-refractivity contribution in [3.05, 3.63) is 23.8 Å². The summed E-state index contributed by atoms with van der Waals surface area (Å²) in [7, 11) is 0. The molecule has 0 aliphatic heterocycles. The van der Waals surface area contributed by atoms with E-state index in [9.17, 15) is 4.79 Å². The highest BCUT2D eigenvalue weighted by molar-refractivity contribution is 5.94. The van der Waals surface area contributed by atoms with Gasteiger partial charge in [0.15, 0.2) is 0 Å². The fourth-order valence-electron chi connectivity index (χ4n) is 1.99. The van der Waals surface area contributed by atoms with Gasteiger partial charge < -0.3 is 11.1 Å². The molecule has 1 aliphatic rings. The van der Waals surface area contributed by atoms with Crippen LogP contribution in [0.4, 0.5) is 11.4 Å². The van der Waals surface area contributed by atoms with E-state index < -0.39 is 0 Å². The smallest absolute Gasteiger partial charge is 0.224 e. The average molecular weight is 232 g/mol. The number of unbranched alkanes of at least 4 members (excludes halogenated alkanes) is 1. The molecule has 92 valence electrons. The monoisotopic (exact) mass is 232 g/mol. The predicted octanol–water partition coefficient (Wildman–Crippen LogP) is 3.27. The van der Waals surface area contributed by atoms with Crippen LogP contribution in [0.15, 0.2) is 18.2 Å². The van der Waals surface area contributed by atoms with Crippen LogP contribution in [0.2, 0.25) is 0 Å². The van der Waals surface area contributed by atoms with Crippen molar-refractivity contribution in [2.24, 2.45) is 0 Å². The van der Waals surface area contributed by atoms with Crippen LogP contribution >= 0.6 is 0 Å². The standard InChI is InChI=1S/C14H20N2O/c1-2-3-7-13(17)16-12-6-4-5-11(14(12)15)10-8-9-10/h4-6,10H,2-3,7-9,15H2,1H3,(H,16,17). The van der Waals surface area contributed by atoms with Gasteiger partial charge in [0.1, 0.15) is 0 Å². The summed E-state index contributed by atoms with van der Waals surface area (Å²) in [5.74, 6) is 0.675.